The number of aromatic nitrogens is 2. The molecule has 0 radical (unpaired) electrons. The molecular weight excluding hydrogens is 601 g/mol. The van der Waals surface area contributed by atoms with Gasteiger partial charge >= 0.3 is 0 Å². The molecule has 232 valence electrons. The molecule has 7 aromatic rings. The van der Waals surface area contributed by atoms with Crippen LogP contribution in [0.4, 0.5) is 0 Å². The van der Waals surface area contributed by atoms with E-state index in [4.69, 9.17) is 19.4 Å². The molecule has 0 N–H and O–H groups in total. The van der Waals surface area contributed by atoms with Crippen molar-refractivity contribution < 1.29 is 9.47 Å². The van der Waals surface area contributed by atoms with E-state index in [1.807, 2.05) is 54.6 Å². The third-order valence-corrected chi connectivity index (χ3v) is 10.1. The third kappa shape index (κ3) is 4.17. The first-order chi connectivity index (χ1) is 24.3. The first-order valence-electron chi connectivity index (χ1n) is 16.8. The molecule has 10 rings (SSSR count). The van der Waals surface area contributed by atoms with Gasteiger partial charge in [-0.1, -0.05) is 146 Å². The highest BCUT2D eigenvalue weighted by atomic mass is 16.5. The molecule has 4 nitrogen and oxygen atoms in total. The molecule has 3 aliphatic rings. The Bertz CT molecular complexity index is 2330. The van der Waals surface area contributed by atoms with Crippen LogP contribution in [0.15, 0.2) is 164 Å². The second kappa shape index (κ2) is 10.9. The molecule has 0 saturated carbocycles. The second-order valence-corrected chi connectivity index (χ2v) is 12.8. The van der Waals surface area contributed by atoms with Crippen LogP contribution >= 0.6 is 0 Å². The van der Waals surface area contributed by atoms with Crippen LogP contribution in [-0.4, -0.2) is 9.97 Å². The summed E-state index contributed by atoms with van der Waals surface area (Å²) in [5.41, 5.74) is 11.5. The molecule has 1 aliphatic carbocycles. The Labute approximate surface area is 285 Å². The van der Waals surface area contributed by atoms with E-state index in [-0.39, 0.29) is 6.10 Å². The molecule has 49 heavy (non-hydrogen) atoms. The summed E-state index contributed by atoms with van der Waals surface area (Å²) in [4.78, 5) is 9.99. The van der Waals surface area contributed by atoms with Crippen molar-refractivity contribution in [1.82, 2.24) is 9.97 Å². The molecule has 3 heterocycles. The minimum absolute atomic E-state index is 0.241. The fourth-order valence-corrected chi connectivity index (χ4v) is 8.02. The summed E-state index contributed by atoms with van der Waals surface area (Å²) in [6.45, 7) is 0. The molecule has 1 unspecified atom stereocenters. The summed E-state index contributed by atoms with van der Waals surface area (Å²) in [6, 6.07) is 55.1. The van der Waals surface area contributed by atoms with Crippen molar-refractivity contribution in [3.8, 4) is 45.3 Å². The van der Waals surface area contributed by atoms with Crippen LogP contribution in [0.5, 0.6) is 11.5 Å². The molecule has 0 bridgehead atoms. The predicted molar refractivity (Wildman–Crippen MR) is 193 cm³/mol. The molecule has 4 heteroatoms. The maximum absolute atomic E-state index is 6.90. The Morgan fingerprint density at radius 2 is 1.12 bits per heavy atom. The Kier molecular flexibility index (Phi) is 6.18. The van der Waals surface area contributed by atoms with Crippen molar-refractivity contribution in [2.75, 3.05) is 0 Å². The van der Waals surface area contributed by atoms with Crippen molar-refractivity contribution in [3.63, 3.8) is 0 Å². The lowest BCUT2D eigenvalue weighted by molar-refractivity contribution is 0.189. The maximum atomic E-state index is 6.90. The van der Waals surface area contributed by atoms with Crippen molar-refractivity contribution in [1.29, 1.82) is 0 Å². The lowest BCUT2D eigenvalue weighted by Gasteiger charge is -2.40. The van der Waals surface area contributed by atoms with Crippen LogP contribution in [0.2, 0.25) is 0 Å². The fraction of sp³-hybridized carbons (Fsp3) is 0.0667. The summed E-state index contributed by atoms with van der Waals surface area (Å²) in [6.07, 6.45) is 2.61. The third-order valence-electron chi connectivity index (χ3n) is 10.1. The van der Waals surface area contributed by atoms with Gasteiger partial charge in [0.2, 0.25) is 0 Å². The summed E-state index contributed by atoms with van der Waals surface area (Å²) >= 11 is 0. The minimum atomic E-state index is -0.510. The van der Waals surface area contributed by atoms with E-state index in [0.29, 0.717) is 12.2 Å². The number of nitrogens with zero attached hydrogens (tertiary/aromatic N) is 2. The van der Waals surface area contributed by atoms with Crippen LogP contribution in [0.25, 0.3) is 39.5 Å². The van der Waals surface area contributed by atoms with Gasteiger partial charge in [-0.15, -0.1) is 0 Å². The zero-order chi connectivity index (χ0) is 32.4. The average Bonchev–Trinajstić information content (AvgIpc) is 3.78. The van der Waals surface area contributed by atoms with E-state index >= 15 is 0 Å². The van der Waals surface area contributed by atoms with Gasteiger partial charge in [-0.25, -0.2) is 9.97 Å². The van der Waals surface area contributed by atoms with Crippen LogP contribution in [0.3, 0.4) is 0 Å². The Hall–Kier alpha value is -6.26. The number of ether oxygens (including phenoxy) is 2. The van der Waals surface area contributed by atoms with E-state index < -0.39 is 5.41 Å². The first-order valence-corrected chi connectivity index (χ1v) is 16.8. The summed E-state index contributed by atoms with van der Waals surface area (Å²) < 4.78 is 13.8. The van der Waals surface area contributed by atoms with Gasteiger partial charge in [0.05, 0.1) is 11.1 Å². The molecular formula is C45H30N2O2. The lowest BCUT2D eigenvalue weighted by Crippen LogP contribution is -2.32. The first kappa shape index (κ1) is 27.8. The van der Waals surface area contributed by atoms with Crippen LogP contribution < -0.4 is 4.74 Å². The van der Waals surface area contributed by atoms with E-state index in [1.165, 1.54) is 22.3 Å². The zero-order valence-corrected chi connectivity index (χ0v) is 26.6. The van der Waals surface area contributed by atoms with Gasteiger partial charge in [-0.05, 0) is 40.5 Å². The standard InChI is InChI=1S/C45H30N2O2/c1-3-14-29(15-4-1)38-28-39(47-44(46-38)30-16-5-2-6-17-30)42-27-26-40(48-42)33-20-13-24-37-43(33)49-41-25-12-11-23-36(41)45(37)34-21-9-7-18-31(34)32-19-8-10-22-35(32)45/h1-25,27-28,40H,26H2. The van der Waals surface area contributed by atoms with Crippen LogP contribution in [-0.2, 0) is 10.2 Å². The van der Waals surface area contributed by atoms with Gasteiger partial charge in [-0.3, -0.25) is 0 Å². The quantitative estimate of drug-likeness (QED) is 0.194. The normalized spacial score (nSPS) is 16.1. The topological polar surface area (TPSA) is 44.2 Å². The molecule has 2 aliphatic heterocycles. The van der Waals surface area contributed by atoms with Crippen molar-refractivity contribution in [2.45, 2.75) is 17.9 Å². The molecule has 1 aromatic heterocycles. The van der Waals surface area contributed by atoms with Crippen molar-refractivity contribution >= 4 is 5.76 Å². The monoisotopic (exact) mass is 630 g/mol. The van der Waals surface area contributed by atoms with Gasteiger partial charge in [-0.2, -0.15) is 0 Å². The van der Waals surface area contributed by atoms with E-state index in [9.17, 15) is 0 Å². The number of hydrogen-bond donors (Lipinski definition) is 0. The molecule has 1 spiro atoms. The van der Waals surface area contributed by atoms with E-state index in [2.05, 4.69) is 109 Å². The average molecular weight is 631 g/mol. The SMILES string of the molecule is C1=C(c2cc(-c3ccccc3)nc(-c3ccccc3)n2)OC(c2cccc3c2Oc2ccccc2C32c3ccccc3-c3ccccc32)C1. The summed E-state index contributed by atoms with van der Waals surface area (Å²) in [7, 11) is 0. The van der Waals surface area contributed by atoms with Gasteiger partial charge in [0, 0.05) is 34.2 Å². The Morgan fingerprint density at radius 1 is 0.531 bits per heavy atom. The minimum Gasteiger partial charge on any atom is -0.483 e. The predicted octanol–water partition coefficient (Wildman–Crippen LogP) is 10.8. The molecule has 0 saturated heterocycles. The highest BCUT2D eigenvalue weighted by Gasteiger charge is 2.51. The van der Waals surface area contributed by atoms with Gasteiger partial charge in [0.25, 0.3) is 0 Å². The van der Waals surface area contributed by atoms with Gasteiger partial charge in [0.15, 0.2) is 5.82 Å². The largest absolute Gasteiger partial charge is 0.483 e. The Morgan fingerprint density at radius 3 is 1.86 bits per heavy atom. The zero-order valence-electron chi connectivity index (χ0n) is 26.6. The summed E-state index contributed by atoms with van der Waals surface area (Å²) in [5, 5.41) is 0. The lowest BCUT2D eigenvalue weighted by atomic mass is 9.65. The number of benzene rings is 6. The molecule has 1 atom stereocenters. The highest BCUT2D eigenvalue weighted by Crippen LogP contribution is 2.63. The van der Waals surface area contributed by atoms with E-state index in [0.717, 1.165) is 56.5 Å². The molecule has 0 amide bonds. The number of hydrogen-bond acceptors (Lipinski definition) is 4. The van der Waals surface area contributed by atoms with Crippen LogP contribution in [0.1, 0.15) is 46.0 Å². The van der Waals surface area contributed by atoms with Crippen molar-refractivity contribution in [3.05, 3.63) is 197 Å². The number of para-hydroxylation sites is 2. The second-order valence-electron chi connectivity index (χ2n) is 12.8. The Balaban J connectivity index is 1.09. The molecule has 6 aromatic carbocycles. The fourth-order valence-electron chi connectivity index (χ4n) is 8.02. The summed E-state index contributed by atoms with van der Waals surface area (Å²) in [5.74, 6) is 3.16. The number of rotatable bonds is 4. The molecule has 0 fully saturated rings. The van der Waals surface area contributed by atoms with Gasteiger partial charge < -0.3 is 9.47 Å². The number of fused-ring (bicyclic) bond motifs is 9. The maximum Gasteiger partial charge on any atom is 0.160 e. The van der Waals surface area contributed by atoms with Crippen LogP contribution in [0, 0.1) is 0 Å². The van der Waals surface area contributed by atoms with Gasteiger partial charge in [0.1, 0.15) is 29.1 Å². The smallest absolute Gasteiger partial charge is 0.160 e. The van der Waals surface area contributed by atoms with Crippen molar-refractivity contribution in [2.24, 2.45) is 0 Å². The van der Waals surface area contributed by atoms with E-state index in [1.54, 1.807) is 0 Å². The highest BCUT2D eigenvalue weighted by molar-refractivity contribution is 5.88.